The molecule has 0 radical (unpaired) electrons. The largest absolute Gasteiger partial charge is 0.486 e. The van der Waals surface area contributed by atoms with Crippen molar-refractivity contribution in [3.05, 3.63) is 23.8 Å². The smallest absolute Gasteiger partial charge is 0.222 e. The van der Waals surface area contributed by atoms with Crippen LogP contribution in [0.15, 0.2) is 18.2 Å². The summed E-state index contributed by atoms with van der Waals surface area (Å²) in [6.07, 6.45) is 0. The Kier molecular flexibility index (Phi) is 6.22. The molecule has 0 spiro atoms. The molecule has 1 aromatic carbocycles. The standard InChI is InChI=1S/C18H25N5O3S/c1-12(14-3-4-15-16(11-14)26-10-9-25-15)22-5-7-23(8-6-22)18(20)27-17(19)21-13(2)24/h3-4,11-12,20H,5-10H2,1-2H3,(H2,19,21,24). The van der Waals surface area contributed by atoms with Crippen LogP contribution in [0.2, 0.25) is 0 Å². The number of rotatable bonds is 2. The Morgan fingerprint density at radius 2 is 1.81 bits per heavy atom. The molecule has 3 rings (SSSR count). The predicted octanol–water partition coefficient (Wildman–Crippen LogP) is 1.88. The number of thioether (sulfide) groups is 1. The molecular formula is C18H25N5O3S. The van der Waals surface area contributed by atoms with Gasteiger partial charge < -0.3 is 19.7 Å². The number of benzene rings is 1. The van der Waals surface area contributed by atoms with E-state index < -0.39 is 0 Å². The van der Waals surface area contributed by atoms with Crippen LogP contribution in [0.1, 0.15) is 25.5 Å². The van der Waals surface area contributed by atoms with Gasteiger partial charge in [0.05, 0.1) is 0 Å². The lowest BCUT2D eigenvalue weighted by Gasteiger charge is -2.39. The van der Waals surface area contributed by atoms with E-state index >= 15 is 0 Å². The zero-order chi connectivity index (χ0) is 19.4. The summed E-state index contributed by atoms with van der Waals surface area (Å²) in [6.45, 7) is 7.79. The van der Waals surface area contributed by atoms with Crippen molar-refractivity contribution in [2.24, 2.45) is 0 Å². The van der Waals surface area contributed by atoms with Gasteiger partial charge >= 0.3 is 0 Å². The molecule has 8 nitrogen and oxygen atoms in total. The maximum Gasteiger partial charge on any atom is 0.222 e. The van der Waals surface area contributed by atoms with Crippen molar-refractivity contribution in [2.75, 3.05) is 39.4 Å². The van der Waals surface area contributed by atoms with Crippen molar-refractivity contribution in [3.63, 3.8) is 0 Å². The van der Waals surface area contributed by atoms with Crippen molar-refractivity contribution in [1.82, 2.24) is 15.1 Å². The third-order valence-corrected chi connectivity index (χ3v) is 5.44. The molecule has 1 unspecified atom stereocenters. The van der Waals surface area contributed by atoms with Crippen LogP contribution in [0.3, 0.4) is 0 Å². The van der Waals surface area contributed by atoms with E-state index in [9.17, 15) is 4.79 Å². The summed E-state index contributed by atoms with van der Waals surface area (Å²) >= 11 is 0.968. The fourth-order valence-electron chi connectivity index (χ4n) is 3.19. The molecule has 2 heterocycles. The number of piperazine rings is 1. The monoisotopic (exact) mass is 391 g/mol. The number of amidine groups is 2. The number of nitrogens with one attached hydrogen (secondary N) is 3. The lowest BCUT2D eigenvalue weighted by molar-refractivity contribution is -0.117. The molecule has 1 aromatic rings. The van der Waals surface area contributed by atoms with Crippen LogP contribution in [-0.2, 0) is 4.79 Å². The van der Waals surface area contributed by atoms with Crippen molar-refractivity contribution >= 4 is 28.0 Å². The highest BCUT2D eigenvalue weighted by Crippen LogP contribution is 2.34. The van der Waals surface area contributed by atoms with Crippen LogP contribution in [0, 0.1) is 10.8 Å². The maximum atomic E-state index is 11.0. The van der Waals surface area contributed by atoms with Gasteiger partial charge in [0, 0.05) is 39.1 Å². The minimum absolute atomic E-state index is 0.0143. The van der Waals surface area contributed by atoms with Crippen molar-refractivity contribution in [2.45, 2.75) is 19.9 Å². The number of amides is 1. The SMILES string of the molecule is CC(=O)NC(=N)SC(=N)N1CCN(C(C)c2ccc3c(c2)OCCO3)CC1. The Labute approximate surface area is 163 Å². The molecule has 27 heavy (non-hydrogen) atoms. The molecule has 146 valence electrons. The van der Waals surface area contributed by atoms with Crippen molar-refractivity contribution in [1.29, 1.82) is 10.8 Å². The van der Waals surface area contributed by atoms with Crippen LogP contribution >= 0.6 is 11.8 Å². The molecule has 1 saturated heterocycles. The van der Waals surface area contributed by atoms with Gasteiger partial charge in [0.25, 0.3) is 0 Å². The average Bonchev–Trinajstić information content (AvgIpc) is 2.66. The van der Waals surface area contributed by atoms with Gasteiger partial charge in [0.2, 0.25) is 5.91 Å². The molecule has 2 aliphatic rings. The van der Waals surface area contributed by atoms with E-state index in [1.54, 1.807) is 0 Å². The molecular weight excluding hydrogens is 366 g/mol. The average molecular weight is 391 g/mol. The number of hydrogen-bond donors (Lipinski definition) is 3. The Morgan fingerprint density at radius 1 is 1.15 bits per heavy atom. The Balaban J connectivity index is 1.53. The normalized spacial score (nSPS) is 17.9. The van der Waals surface area contributed by atoms with Gasteiger partial charge in [-0.25, -0.2) is 0 Å². The van der Waals surface area contributed by atoms with E-state index in [-0.39, 0.29) is 17.1 Å². The minimum atomic E-state index is -0.293. The van der Waals surface area contributed by atoms with Crippen LogP contribution in [-0.4, -0.2) is 65.4 Å². The molecule has 0 saturated carbocycles. The highest BCUT2D eigenvalue weighted by molar-refractivity contribution is 8.26. The summed E-state index contributed by atoms with van der Waals surface area (Å²) in [5.41, 5.74) is 1.18. The molecule has 2 aliphatic heterocycles. The number of carbonyl (C=O) groups excluding carboxylic acids is 1. The van der Waals surface area contributed by atoms with Gasteiger partial charge in [-0.15, -0.1) is 0 Å². The van der Waals surface area contributed by atoms with Crippen LogP contribution in [0.4, 0.5) is 0 Å². The van der Waals surface area contributed by atoms with Gasteiger partial charge in [0.15, 0.2) is 21.8 Å². The molecule has 0 aromatic heterocycles. The van der Waals surface area contributed by atoms with Crippen molar-refractivity contribution < 1.29 is 14.3 Å². The second-order valence-corrected chi connectivity index (χ2v) is 7.52. The first-order valence-corrected chi connectivity index (χ1v) is 9.77. The fraction of sp³-hybridized carbons (Fsp3) is 0.500. The maximum absolute atomic E-state index is 11.0. The molecule has 3 N–H and O–H groups in total. The molecule has 1 amide bonds. The third kappa shape index (κ3) is 4.92. The molecule has 0 bridgehead atoms. The zero-order valence-corrected chi connectivity index (χ0v) is 16.4. The summed E-state index contributed by atoms with van der Waals surface area (Å²) in [5, 5.41) is 18.5. The van der Waals surface area contributed by atoms with E-state index in [4.69, 9.17) is 20.3 Å². The van der Waals surface area contributed by atoms with E-state index in [0.717, 1.165) is 36.4 Å². The van der Waals surface area contributed by atoms with Gasteiger partial charge in [0.1, 0.15) is 13.2 Å². The zero-order valence-electron chi connectivity index (χ0n) is 15.6. The number of nitrogens with zero attached hydrogens (tertiary/aromatic N) is 2. The van der Waals surface area contributed by atoms with Crippen LogP contribution in [0.25, 0.3) is 0 Å². The van der Waals surface area contributed by atoms with Gasteiger partial charge in [-0.1, -0.05) is 6.07 Å². The third-order valence-electron chi connectivity index (χ3n) is 4.69. The second-order valence-electron chi connectivity index (χ2n) is 6.52. The van der Waals surface area contributed by atoms with Gasteiger partial charge in [-0.2, -0.15) is 0 Å². The summed E-state index contributed by atoms with van der Waals surface area (Å²) < 4.78 is 11.3. The molecule has 1 atom stereocenters. The summed E-state index contributed by atoms with van der Waals surface area (Å²) in [5.74, 6) is 1.31. The molecule has 1 fully saturated rings. The first-order valence-electron chi connectivity index (χ1n) is 8.95. The Hall–Kier alpha value is -2.26. The second kappa shape index (κ2) is 8.62. The Morgan fingerprint density at radius 3 is 2.48 bits per heavy atom. The number of ether oxygens (including phenoxy) is 2. The number of hydrogen-bond acceptors (Lipinski definition) is 7. The lowest BCUT2D eigenvalue weighted by Crippen LogP contribution is -2.48. The molecule has 0 aliphatic carbocycles. The van der Waals surface area contributed by atoms with E-state index in [1.165, 1.54) is 12.5 Å². The minimum Gasteiger partial charge on any atom is -0.486 e. The fourth-order valence-corrected chi connectivity index (χ4v) is 3.89. The quantitative estimate of drug-likeness (QED) is 0.526. The van der Waals surface area contributed by atoms with E-state index in [1.807, 2.05) is 11.0 Å². The highest BCUT2D eigenvalue weighted by atomic mass is 32.2. The number of carbonyl (C=O) groups is 1. The van der Waals surface area contributed by atoms with Gasteiger partial charge in [-0.05, 0) is 36.4 Å². The summed E-state index contributed by atoms with van der Waals surface area (Å²) in [7, 11) is 0. The first kappa shape index (κ1) is 19.5. The highest BCUT2D eigenvalue weighted by Gasteiger charge is 2.25. The Bertz CT molecular complexity index is 734. The van der Waals surface area contributed by atoms with E-state index in [2.05, 4.69) is 29.3 Å². The lowest BCUT2D eigenvalue weighted by atomic mass is 10.1. The topological polar surface area (TPSA) is 102 Å². The van der Waals surface area contributed by atoms with Crippen molar-refractivity contribution in [3.8, 4) is 11.5 Å². The summed E-state index contributed by atoms with van der Waals surface area (Å²) in [4.78, 5) is 15.3. The van der Waals surface area contributed by atoms with E-state index in [0.29, 0.717) is 31.5 Å². The molecule has 9 heteroatoms. The van der Waals surface area contributed by atoms with Crippen LogP contribution < -0.4 is 14.8 Å². The summed E-state index contributed by atoms with van der Waals surface area (Å²) in [6, 6.07) is 6.34. The predicted molar refractivity (Wildman–Crippen MR) is 106 cm³/mol. The first-order chi connectivity index (χ1) is 12.9. The number of fused-ring (bicyclic) bond motifs is 1. The van der Waals surface area contributed by atoms with Crippen LogP contribution in [0.5, 0.6) is 11.5 Å². The van der Waals surface area contributed by atoms with Gasteiger partial charge in [-0.3, -0.25) is 20.5 Å².